The molecule has 0 unspecified atom stereocenters. The lowest BCUT2D eigenvalue weighted by molar-refractivity contribution is -0.140. The molecule has 0 heterocycles. The fourth-order valence-electron chi connectivity index (χ4n) is 1.12. The summed E-state index contributed by atoms with van der Waals surface area (Å²) in [6, 6.07) is -0.981. The van der Waals surface area contributed by atoms with Gasteiger partial charge in [0.05, 0.1) is 6.61 Å². The van der Waals surface area contributed by atoms with E-state index >= 15 is 0 Å². The van der Waals surface area contributed by atoms with E-state index in [4.69, 9.17) is 44.6 Å². The molecule has 0 radical (unpaired) electrons. The van der Waals surface area contributed by atoms with E-state index in [2.05, 4.69) is 5.32 Å². The van der Waals surface area contributed by atoms with E-state index in [1.54, 1.807) is 13.8 Å². The lowest BCUT2D eigenvalue weighted by Gasteiger charge is -2.17. The van der Waals surface area contributed by atoms with Gasteiger partial charge in [-0.3, -0.25) is 0 Å². The fraction of sp³-hybridized carbons (Fsp3) is 0.800. The zero-order valence-electron chi connectivity index (χ0n) is 10.1. The Morgan fingerprint density at radius 1 is 1.33 bits per heavy atom. The van der Waals surface area contributed by atoms with Gasteiger partial charge in [0.25, 0.3) is 0 Å². The summed E-state index contributed by atoms with van der Waals surface area (Å²) in [7, 11) is 0. The second-order valence-electron chi connectivity index (χ2n) is 4.06. The predicted molar refractivity (Wildman–Crippen MR) is 70.3 cm³/mol. The van der Waals surface area contributed by atoms with Gasteiger partial charge in [0.1, 0.15) is 6.04 Å². The van der Waals surface area contributed by atoms with E-state index in [-0.39, 0.29) is 18.9 Å². The minimum atomic E-state index is -1.37. The van der Waals surface area contributed by atoms with Crippen molar-refractivity contribution in [2.75, 3.05) is 6.61 Å². The molecule has 0 aromatic carbocycles. The topological polar surface area (TPSA) is 75.6 Å². The molecule has 0 aliphatic carbocycles. The summed E-state index contributed by atoms with van der Waals surface area (Å²) in [5.41, 5.74) is 0. The van der Waals surface area contributed by atoms with E-state index < -0.39 is 21.9 Å². The lowest BCUT2D eigenvalue weighted by Crippen LogP contribution is -2.44. The van der Waals surface area contributed by atoms with Gasteiger partial charge in [0, 0.05) is 0 Å². The summed E-state index contributed by atoms with van der Waals surface area (Å²) in [6.07, 6.45) is -0.165. The SMILES string of the molecule is CC(C)[C@H](NC(=O)OCCCC(Cl)(Cl)Cl)C(=O)O. The van der Waals surface area contributed by atoms with Crippen molar-refractivity contribution >= 4 is 46.9 Å². The molecule has 0 saturated carbocycles. The summed E-state index contributed by atoms with van der Waals surface area (Å²) in [6.45, 7) is 3.42. The van der Waals surface area contributed by atoms with Crippen molar-refractivity contribution in [1.82, 2.24) is 5.32 Å². The van der Waals surface area contributed by atoms with Crippen LogP contribution in [0, 0.1) is 5.92 Å². The molecule has 0 fully saturated rings. The minimum absolute atomic E-state index is 0.0597. The second-order valence-corrected chi connectivity index (χ2v) is 6.57. The van der Waals surface area contributed by atoms with Gasteiger partial charge in [-0.15, -0.1) is 0 Å². The summed E-state index contributed by atoms with van der Waals surface area (Å²) < 4.78 is 3.41. The highest BCUT2D eigenvalue weighted by atomic mass is 35.6. The highest BCUT2D eigenvalue weighted by molar-refractivity contribution is 6.67. The van der Waals surface area contributed by atoms with E-state index in [0.717, 1.165) is 0 Å². The molecular formula is C10H16Cl3NO4. The molecule has 0 aliphatic rings. The van der Waals surface area contributed by atoms with Gasteiger partial charge < -0.3 is 15.2 Å². The number of carboxylic acid groups (broad SMARTS) is 1. The Hall–Kier alpha value is -0.390. The number of ether oxygens (including phenoxy) is 1. The van der Waals surface area contributed by atoms with Gasteiger partial charge in [-0.2, -0.15) is 0 Å². The Morgan fingerprint density at radius 2 is 1.89 bits per heavy atom. The smallest absolute Gasteiger partial charge is 0.407 e. The number of carboxylic acids is 1. The number of nitrogens with one attached hydrogen (secondary N) is 1. The number of halogens is 3. The number of aliphatic carboxylic acids is 1. The monoisotopic (exact) mass is 319 g/mol. The molecule has 0 bridgehead atoms. The van der Waals surface area contributed by atoms with E-state index in [1.165, 1.54) is 0 Å². The molecule has 0 saturated heterocycles. The Labute approximate surface area is 121 Å². The van der Waals surface area contributed by atoms with Crippen LogP contribution in [-0.4, -0.2) is 33.6 Å². The first-order valence-electron chi connectivity index (χ1n) is 5.36. The van der Waals surface area contributed by atoms with Gasteiger partial charge in [-0.05, 0) is 18.8 Å². The number of carbonyl (C=O) groups is 2. The van der Waals surface area contributed by atoms with Gasteiger partial charge in [-0.1, -0.05) is 48.7 Å². The number of alkyl carbamates (subject to hydrolysis) is 1. The van der Waals surface area contributed by atoms with Crippen LogP contribution >= 0.6 is 34.8 Å². The summed E-state index contributed by atoms with van der Waals surface area (Å²) in [4.78, 5) is 22.1. The third kappa shape index (κ3) is 8.66. The van der Waals surface area contributed by atoms with Crippen LogP contribution < -0.4 is 5.32 Å². The number of hydrogen-bond acceptors (Lipinski definition) is 3. The number of rotatable bonds is 6. The quantitative estimate of drug-likeness (QED) is 0.583. The second kappa shape index (κ2) is 7.92. The standard InChI is InChI=1S/C10H16Cl3NO4/c1-6(2)7(8(15)16)14-9(17)18-5-3-4-10(11,12)13/h6-7H,3-5H2,1-2H3,(H,14,17)(H,15,16)/t7-/m0/s1. The summed E-state index contributed by atoms with van der Waals surface area (Å²) >= 11 is 16.5. The summed E-state index contributed by atoms with van der Waals surface area (Å²) in [5.74, 6) is -1.35. The molecule has 18 heavy (non-hydrogen) atoms. The first-order chi connectivity index (χ1) is 8.13. The first-order valence-corrected chi connectivity index (χ1v) is 6.49. The van der Waals surface area contributed by atoms with Crippen LogP contribution in [0.15, 0.2) is 0 Å². The van der Waals surface area contributed by atoms with Gasteiger partial charge in [0.2, 0.25) is 0 Å². The Bertz CT molecular complexity index is 291. The molecule has 1 amide bonds. The molecule has 106 valence electrons. The maximum absolute atomic E-state index is 11.3. The number of alkyl halides is 3. The predicted octanol–water partition coefficient (Wildman–Crippen LogP) is 2.97. The fourth-order valence-corrected chi connectivity index (χ4v) is 1.52. The molecule has 1 atom stereocenters. The Kier molecular flexibility index (Phi) is 7.75. The molecule has 0 aromatic rings. The molecule has 0 aliphatic heterocycles. The number of amides is 1. The first kappa shape index (κ1) is 17.6. The molecule has 0 aromatic heterocycles. The van der Waals surface area contributed by atoms with Crippen molar-refractivity contribution in [3.8, 4) is 0 Å². The molecule has 8 heteroatoms. The molecule has 0 spiro atoms. The van der Waals surface area contributed by atoms with Crippen LogP contribution in [0.3, 0.4) is 0 Å². The minimum Gasteiger partial charge on any atom is -0.480 e. The average Bonchev–Trinajstić information content (AvgIpc) is 2.18. The third-order valence-corrected chi connectivity index (χ3v) is 2.61. The van der Waals surface area contributed by atoms with Crippen LogP contribution in [0.5, 0.6) is 0 Å². The third-order valence-electron chi connectivity index (χ3n) is 2.04. The molecular weight excluding hydrogens is 304 g/mol. The van der Waals surface area contributed by atoms with Crippen molar-refractivity contribution in [2.45, 2.75) is 36.5 Å². The zero-order valence-corrected chi connectivity index (χ0v) is 12.3. The average molecular weight is 321 g/mol. The molecule has 0 rings (SSSR count). The van der Waals surface area contributed by atoms with Gasteiger partial charge >= 0.3 is 12.1 Å². The van der Waals surface area contributed by atoms with Crippen LogP contribution in [0.25, 0.3) is 0 Å². The van der Waals surface area contributed by atoms with Crippen LogP contribution in [0.2, 0.25) is 0 Å². The van der Waals surface area contributed by atoms with Crippen molar-refractivity contribution in [3.05, 3.63) is 0 Å². The van der Waals surface area contributed by atoms with E-state index in [1.807, 2.05) is 0 Å². The van der Waals surface area contributed by atoms with Crippen molar-refractivity contribution in [1.29, 1.82) is 0 Å². The van der Waals surface area contributed by atoms with Crippen molar-refractivity contribution < 1.29 is 19.4 Å². The van der Waals surface area contributed by atoms with E-state index in [9.17, 15) is 9.59 Å². The maximum Gasteiger partial charge on any atom is 0.407 e. The lowest BCUT2D eigenvalue weighted by atomic mass is 10.1. The highest BCUT2D eigenvalue weighted by Gasteiger charge is 2.24. The van der Waals surface area contributed by atoms with Gasteiger partial charge in [0.15, 0.2) is 3.79 Å². The zero-order chi connectivity index (χ0) is 14.3. The Morgan fingerprint density at radius 3 is 2.28 bits per heavy atom. The maximum atomic E-state index is 11.3. The van der Waals surface area contributed by atoms with E-state index in [0.29, 0.717) is 6.42 Å². The largest absolute Gasteiger partial charge is 0.480 e. The highest BCUT2D eigenvalue weighted by Crippen LogP contribution is 2.31. The van der Waals surface area contributed by atoms with Crippen LogP contribution in [0.1, 0.15) is 26.7 Å². The van der Waals surface area contributed by atoms with Crippen molar-refractivity contribution in [2.24, 2.45) is 5.92 Å². The molecule has 2 N–H and O–H groups in total. The summed E-state index contributed by atoms with van der Waals surface area (Å²) in [5, 5.41) is 11.1. The Balaban J connectivity index is 3.93. The van der Waals surface area contributed by atoms with Crippen LogP contribution in [-0.2, 0) is 9.53 Å². The number of carbonyl (C=O) groups excluding carboxylic acids is 1. The molecule has 5 nitrogen and oxygen atoms in total. The van der Waals surface area contributed by atoms with Gasteiger partial charge in [-0.25, -0.2) is 9.59 Å². The van der Waals surface area contributed by atoms with Crippen LogP contribution in [0.4, 0.5) is 4.79 Å². The number of hydrogen-bond donors (Lipinski definition) is 2. The normalized spacial score (nSPS) is 13.2. The van der Waals surface area contributed by atoms with Crippen molar-refractivity contribution in [3.63, 3.8) is 0 Å².